The summed E-state index contributed by atoms with van der Waals surface area (Å²) >= 11 is 0. The third kappa shape index (κ3) is 5.42. The molecule has 6 nitrogen and oxygen atoms in total. The second-order valence-electron chi connectivity index (χ2n) is 6.65. The van der Waals surface area contributed by atoms with Gasteiger partial charge in [0.15, 0.2) is 9.84 Å². The van der Waals surface area contributed by atoms with Gasteiger partial charge in [0.05, 0.1) is 22.9 Å². The van der Waals surface area contributed by atoms with E-state index in [0.29, 0.717) is 5.56 Å². The van der Waals surface area contributed by atoms with E-state index in [-0.39, 0.29) is 29.9 Å². The van der Waals surface area contributed by atoms with Gasteiger partial charge in [-0.2, -0.15) is 5.10 Å². The van der Waals surface area contributed by atoms with E-state index in [4.69, 9.17) is 0 Å². The third-order valence-electron chi connectivity index (χ3n) is 3.67. The van der Waals surface area contributed by atoms with E-state index < -0.39 is 9.84 Å². The first-order chi connectivity index (χ1) is 11.7. The maximum Gasteiger partial charge on any atom is 0.251 e. The molecule has 1 aromatic carbocycles. The van der Waals surface area contributed by atoms with Gasteiger partial charge in [-0.25, -0.2) is 13.1 Å². The molecule has 0 radical (unpaired) electrons. The topological polar surface area (TPSA) is 81.1 Å². The third-order valence-corrected chi connectivity index (χ3v) is 5.67. The Balaban J connectivity index is 1.96. The minimum atomic E-state index is -3.13. The molecule has 1 aromatic heterocycles. The first-order valence-corrected chi connectivity index (χ1v) is 10.1. The lowest BCUT2D eigenvalue weighted by Gasteiger charge is -2.09. The van der Waals surface area contributed by atoms with Gasteiger partial charge in [0, 0.05) is 17.8 Å². The molecule has 25 heavy (non-hydrogen) atoms. The summed E-state index contributed by atoms with van der Waals surface area (Å²) in [6, 6.07) is 9.05. The Hall–Kier alpha value is -2.15. The number of amides is 1. The number of nitrogens with one attached hydrogen (secondary N) is 1. The monoisotopic (exact) mass is 363 g/mol. The van der Waals surface area contributed by atoms with Gasteiger partial charge in [0.2, 0.25) is 0 Å². The lowest BCUT2D eigenvalue weighted by atomic mass is 10.2. The van der Waals surface area contributed by atoms with Crippen molar-refractivity contribution in [1.29, 1.82) is 0 Å². The molecule has 1 N–H and O–H groups in total. The van der Waals surface area contributed by atoms with Crippen LogP contribution in [0.4, 0.5) is 0 Å². The number of aromatic nitrogens is 2. The van der Waals surface area contributed by atoms with Crippen LogP contribution >= 0.6 is 0 Å². The molecule has 7 heteroatoms. The van der Waals surface area contributed by atoms with Crippen LogP contribution < -0.4 is 5.32 Å². The van der Waals surface area contributed by atoms with Gasteiger partial charge in [0.1, 0.15) is 0 Å². The maximum atomic E-state index is 12.1. The van der Waals surface area contributed by atoms with Crippen molar-refractivity contribution in [3.63, 3.8) is 0 Å². The van der Waals surface area contributed by atoms with Crippen LogP contribution in [0.1, 0.15) is 35.6 Å². The molecule has 0 spiro atoms. The van der Waals surface area contributed by atoms with Crippen LogP contribution in [0, 0.1) is 19.8 Å². The molecule has 0 unspecified atom stereocenters. The molecule has 2 rings (SSSR count). The smallest absolute Gasteiger partial charge is 0.251 e. The highest BCUT2D eigenvalue weighted by molar-refractivity contribution is 7.91. The van der Waals surface area contributed by atoms with E-state index in [1.165, 1.54) is 0 Å². The van der Waals surface area contributed by atoms with Gasteiger partial charge in [0.25, 0.3) is 5.91 Å². The average molecular weight is 363 g/mol. The molecule has 1 amide bonds. The van der Waals surface area contributed by atoms with Crippen LogP contribution in [0.15, 0.2) is 30.3 Å². The quantitative estimate of drug-likeness (QED) is 0.818. The van der Waals surface area contributed by atoms with E-state index in [1.807, 2.05) is 50.6 Å². The molecule has 0 bridgehead atoms. The number of aryl methyl sites for hydroxylation is 2. The van der Waals surface area contributed by atoms with Crippen LogP contribution in [0.5, 0.6) is 0 Å². The van der Waals surface area contributed by atoms with Crippen LogP contribution in [0.2, 0.25) is 0 Å². The molecule has 0 fully saturated rings. The van der Waals surface area contributed by atoms with Crippen molar-refractivity contribution in [3.8, 4) is 5.69 Å². The highest BCUT2D eigenvalue weighted by Crippen LogP contribution is 2.13. The molecule has 2 aromatic rings. The zero-order valence-electron chi connectivity index (χ0n) is 15.1. The Morgan fingerprint density at radius 1 is 1.20 bits per heavy atom. The summed E-state index contributed by atoms with van der Waals surface area (Å²) in [4.78, 5) is 12.1. The molecule has 0 saturated heterocycles. The Bertz CT molecular complexity index is 837. The summed E-state index contributed by atoms with van der Waals surface area (Å²) in [5.41, 5.74) is 3.32. The van der Waals surface area contributed by atoms with Crippen molar-refractivity contribution in [3.05, 3.63) is 47.3 Å². The molecular formula is C18H25N3O3S. The minimum absolute atomic E-state index is 0.0409. The van der Waals surface area contributed by atoms with E-state index in [1.54, 1.807) is 12.1 Å². The number of rotatable bonds is 7. The number of carbonyl (C=O) groups excluding carboxylic acids is 1. The van der Waals surface area contributed by atoms with Crippen molar-refractivity contribution in [2.75, 3.05) is 18.1 Å². The van der Waals surface area contributed by atoms with Crippen LogP contribution in [-0.4, -0.2) is 42.2 Å². The minimum Gasteiger partial charge on any atom is -0.351 e. The summed E-state index contributed by atoms with van der Waals surface area (Å²) in [6.45, 7) is 7.74. The van der Waals surface area contributed by atoms with Crippen LogP contribution in [0.25, 0.3) is 5.69 Å². The summed E-state index contributed by atoms with van der Waals surface area (Å²) < 4.78 is 25.5. The number of sulfone groups is 1. The fraction of sp³-hybridized carbons (Fsp3) is 0.444. The van der Waals surface area contributed by atoms with Crippen molar-refractivity contribution < 1.29 is 13.2 Å². The second kappa shape index (κ2) is 7.82. The van der Waals surface area contributed by atoms with Gasteiger partial charge in [-0.15, -0.1) is 0 Å². The Morgan fingerprint density at radius 3 is 2.36 bits per heavy atom. The fourth-order valence-electron chi connectivity index (χ4n) is 2.66. The van der Waals surface area contributed by atoms with Crippen molar-refractivity contribution in [2.24, 2.45) is 5.92 Å². The predicted octanol–water partition coefficient (Wildman–Crippen LogP) is 2.29. The molecule has 0 aliphatic carbocycles. The van der Waals surface area contributed by atoms with Gasteiger partial charge in [-0.05, 0) is 50.1 Å². The first-order valence-electron chi connectivity index (χ1n) is 8.30. The molecule has 0 atom stereocenters. The molecule has 136 valence electrons. The Morgan fingerprint density at radius 2 is 1.84 bits per heavy atom. The van der Waals surface area contributed by atoms with Crippen molar-refractivity contribution >= 4 is 15.7 Å². The van der Waals surface area contributed by atoms with E-state index >= 15 is 0 Å². The first kappa shape index (κ1) is 19.2. The summed E-state index contributed by atoms with van der Waals surface area (Å²) in [6.07, 6.45) is 0. The number of hydrogen-bond acceptors (Lipinski definition) is 4. The number of benzene rings is 1. The van der Waals surface area contributed by atoms with E-state index in [9.17, 15) is 13.2 Å². The number of carbonyl (C=O) groups is 1. The normalized spacial score (nSPS) is 11.7. The van der Waals surface area contributed by atoms with Gasteiger partial charge in [-0.3, -0.25) is 4.79 Å². The largest absolute Gasteiger partial charge is 0.351 e. The van der Waals surface area contributed by atoms with Crippen LogP contribution in [-0.2, 0) is 9.84 Å². The number of nitrogens with zero attached hydrogens (tertiary/aromatic N) is 2. The summed E-state index contributed by atoms with van der Waals surface area (Å²) in [7, 11) is -3.13. The summed E-state index contributed by atoms with van der Waals surface area (Å²) in [5, 5.41) is 7.07. The zero-order valence-corrected chi connectivity index (χ0v) is 15.9. The van der Waals surface area contributed by atoms with Crippen molar-refractivity contribution in [2.45, 2.75) is 27.7 Å². The fourth-order valence-corrected chi connectivity index (χ4v) is 4.25. The standard InChI is InChI=1S/C18H25N3O3S/c1-13(2)12-25(23,24)10-9-19-18(22)16-5-7-17(8-6-16)21-15(4)11-14(3)20-21/h5-8,11,13H,9-10,12H2,1-4H3,(H,19,22). The van der Waals surface area contributed by atoms with E-state index in [0.717, 1.165) is 17.1 Å². The lowest BCUT2D eigenvalue weighted by Crippen LogP contribution is -2.30. The maximum absolute atomic E-state index is 12.1. The van der Waals surface area contributed by atoms with Gasteiger partial charge in [-0.1, -0.05) is 13.8 Å². The molecule has 1 heterocycles. The predicted molar refractivity (Wildman–Crippen MR) is 98.9 cm³/mol. The second-order valence-corrected chi connectivity index (χ2v) is 8.88. The Labute approximate surface area is 149 Å². The average Bonchev–Trinajstić information content (AvgIpc) is 2.84. The van der Waals surface area contributed by atoms with Crippen LogP contribution in [0.3, 0.4) is 0 Å². The highest BCUT2D eigenvalue weighted by Gasteiger charge is 2.14. The van der Waals surface area contributed by atoms with E-state index in [2.05, 4.69) is 10.4 Å². The zero-order chi connectivity index (χ0) is 18.6. The molecule has 0 saturated carbocycles. The molecule has 0 aliphatic heterocycles. The van der Waals surface area contributed by atoms with Crippen molar-refractivity contribution in [1.82, 2.24) is 15.1 Å². The highest BCUT2D eigenvalue weighted by atomic mass is 32.2. The summed E-state index contributed by atoms with van der Waals surface area (Å²) in [5.74, 6) is -0.0941. The van der Waals surface area contributed by atoms with Gasteiger partial charge < -0.3 is 5.32 Å². The molecular weight excluding hydrogens is 338 g/mol. The number of hydrogen-bond donors (Lipinski definition) is 1. The lowest BCUT2D eigenvalue weighted by molar-refractivity contribution is 0.0956. The SMILES string of the molecule is Cc1cc(C)n(-c2ccc(C(=O)NCCS(=O)(=O)CC(C)C)cc2)n1. The Kier molecular flexibility index (Phi) is 6.00. The van der Waals surface area contributed by atoms with Gasteiger partial charge >= 0.3 is 0 Å². The molecule has 0 aliphatic rings.